The molecule has 0 aromatic heterocycles. The molecule has 1 saturated carbocycles. The van der Waals surface area contributed by atoms with Gasteiger partial charge >= 0.3 is 0 Å². The number of ether oxygens (including phenoxy) is 2. The number of guanidine groups is 1. The standard InChI is InChI=1S/C19H26N4O3/c1-23-6-5-19-10-3-4-11(22-18(20)21)17(19)26-16-13(24)8-14(25-2)9(15(16)19)7-12(10)23/h8,10-12,17,24H,3-7H2,1-2H3,(H4,20,21,22)/t10-,11+,12+,17-,19-/m0/s1. The highest BCUT2D eigenvalue weighted by Gasteiger charge is 2.66. The molecule has 5 rings (SSSR count). The SMILES string of the molecule is COc1cc(O)c2c3c1C[C@@H]1[C@@H]4CC[C@@H](NC(=N)N)[C@H](O2)[C@]34CCN1C. The molecule has 2 bridgehead atoms. The van der Waals surface area contributed by atoms with Gasteiger partial charge < -0.3 is 30.5 Å². The predicted molar refractivity (Wildman–Crippen MR) is 97.1 cm³/mol. The molecule has 0 radical (unpaired) electrons. The van der Waals surface area contributed by atoms with E-state index in [1.165, 1.54) is 5.56 Å². The van der Waals surface area contributed by atoms with Crippen LogP contribution in [-0.2, 0) is 11.8 Å². The molecule has 7 heteroatoms. The summed E-state index contributed by atoms with van der Waals surface area (Å²) in [4.78, 5) is 2.47. The molecule has 0 amide bonds. The third-order valence-electron chi connectivity index (χ3n) is 7.24. The van der Waals surface area contributed by atoms with E-state index in [-0.39, 0.29) is 29.3 Å². The van der Waals surface area contributed by atoms with Crippen molar-refractivity contribution in [1.82, 2.24) is 10.2 Å². The van der Waals surface area contributed by atoms with E-state index in [2.05, 4.69) is 17.3 Å². The molecule has 1 spiro atoms. The van der Waals surface area contributed by atoms with Crippen molar-refractivity contribution in [1.29, 1.82) is 5.41 Å². The summed E-state index contributed by atoms with van der Waals surface area (Å²) in [5, 5.41) is 21.5. The first-order valence-corrected chi connectivity index (χ1v) is 9.38. The Hall–Kier alpha value is -2.15. The quantitative estimate of drug-likeness (QED) is 0.463. The molecule has 5 N–H and O–H groups in total. The molecular formula is C19H26N4O3. The summed E-state index contributed by atoms with van der Waals surface area (Å²) >= 11 is 0. The van der Waals surface area contributed by atoms with Gasteiger partial charge in [0.2, 0.25) is 0 Å². The van der Waals surface area contributed by atoms with Gasteiger partial charge in [0.15, 0.2) is 17.5 Å². The number of rotatable bonds is 2. The number of nitrogens with two attached hydrogens (primary N) is 1. The highest BCUT2D eigenvalue weighted by Crippen LogP contribution is 2.65. The van der Waals surface area contributed by atoms with Crippen molar-refractivity contribution in [3.05, 3.63) is 17.2 Å². The van der Waals surface area contributed by atoms with Crippen LogP contribution in [0.3, 0.4) is 0 Å². The first-order valence-electron chi connectivity index (χ1n) is 9.38. The van der Waals surface area contributed by atoms with Gasteiger partial charge in [-0.3, -0.25) is 5.41 Å². The van der Waals surface area contributed by atoms with Gasteiger partial charge in [0.05, 0.1) is 13.2 Å². The molecule has 1 saturated heterocycles. The van der Waals surface area contributed by atoms with Gasteiger partial charge in [-0.1, -0.05) is 0 Å². The van der Waals surface area contributed by atoms with Gasteiger partial charge in [-0.25, -0.2) is 0 Å². The van der Waals surface area contributed by atoms with Crippen molar-refractivity contribution in [2.75, 3.05) is 20.7 Å². The van der Waals surface area contributed by atoms with Crippen LogP contribution in [0.1, 0.15) is 30.4 Å². The number of nitrogens with one attached hydrogen (secondary N) is 2. The largest absolute Gasteiger partial charge is 0.504 e. The van der Waals surface area contributed by atoms with Crippen LogP contribution in [0.25, 0.3) is 0 Å². The first-order chi connectivity index (χ1) is 12.5. The first kappa shape index (κ1) is 16.1. The van der Waals surface area contributed by atoms with Gasteiger partial charge in [-0.15, -0.1) is 0 Å². The van der Waals surface area contributed by atoms with E-state index in [4.69, 9.17) is 20.6 Å². The van der Waals surface area contributed by atoms with Crippen LogP contribution >= 0.6 is 0 Å². The lowest BCUT2D eigenvalue weighted by atomic mass is 9.51. The minimum absolute atomic E-state index is 0.0171. The summed E-state index contributed by atoms with van der Waals surface area (Å²) < 4.78 is 12.1. The fraction of sp³-hybridized carbons (Fsp3) is 0.632. The Balaban J connectivity index is 1.74. The molecule has 7 nitrogen and oxygen atoms in total. The zero-order valence-corrected chi connectivity index (χ0v) is 15.2. The van der Waals surface area contributed by atoms with Crippen molar-refractivity contribution >= 4 is 5.96 Å². The minimum atomic E-state index is -0.141. The van der Waals surface area contributed by atoms with E-state index >= 15 is 0 Å². The van der Waals surface area contributed by atoms with Gasteiger partial charge in [0.1, 0.15) is 11.9 Å². The highest BCUT2D eigenvalue weighted by molar-refractivity contribution is 5.75. The van der Waals surface area contributed by atoms with E-state index < -0.39 is 0 Å². The lowest BCUT2D eigenvalue weighted by Crippen LogP contribution is -2.68. The number of hydrogen-bond acceptors (Lipinski definition) is 5. The maximum absolute atomic E-state index is 10.6. The number of nitrogens with zero attached hydrogens (tertiary/aromatic N) is 1. The summed E-state index contributed by atoms with van der Waals surface area (Å²) in [7, 11) is 3.87. The Morgan fingerprint density at radius 3 is 3.04 bits per heavy atom. The summed E-state index contributed by atoms with van der Waals surface area (Å²) in [5.74, 6) is 1.99. The van der Waals surface area contributed by atoms with E-state index in [1.54, 1.807) is 13.2 Å². The third kappa shape index (κ3) is 1.79. The van der Waals surface area contributed by atoms with E-state index in [1.807, 2.05) is 0 Å². The molecule has 2 aliphatic carbocycles. The number of piperidine rings is 1. The second-order valence-electron chi connectivity index (χ2n) is 8.21. The molecule has 2 heterocycles. The Morgan fingerprint density at radius 2 is 2.31 bits per heavy atom. The van der Waals surface area contributed by atoms with Crippen LogP contribution in [0.4, 0.5) is 0 Å². The summed E-state index contributed by atoms with van der Waals surface area (Å²) in [5.41, 5.74) is 7.85. The second-order valence-corrected chi connectivity index (χ2v) is 8.21. The molecular weight excluding hydrogens is 332 g/mol. The fourth-order valence-electron chi connectivity index (χ4n) is 6.32. The number of aromatic hydroxyl groups is 1. The normalized spacial score (nSPS) is 36.8. The predicted octanol–water partition coefficient (Wildman–Crippen LogP) is 0.921. The number of hydrogen-bond donors (Lipinski definition) is 4. The van der Waals surface area contributed by atoms with Crippen molar-refractivity contribution in [3.63, 3.8) is 0 Å². The third-order valence-corrected chi connectivity index (χ3v) is 7.24. The van der Waals surface area contributed by atoms with Crippen LogP contribution in [0.2, 0.25) is 0 Å². The Morgan fingerprint density at radius 1 is 1.50 bits per heavy atom. The minimum Gasteiger partial charge on any atom is -0.504 e. The number of phenols is 1. The number of benzene rings is 1. The topological polar surface area (TPSA) is 104 Å². The van der Waals surface area contributed by atoms with Crippen LogP contribution in [0.15, 0.2) is 6.07 Å². The smallest absolute Gasteiger partial charge is 0.186 e. The second kappa shape index (κ2) is 5.19. The average Bonchev–Trinajstić information content (AvgIpc) is 2.95. The molecule has 2 fully saturated rings. The molecule has 140 valence electrons. The summed E-state index contributed by atoms with van der Waals surface area (Å²) in [6.45, 7) is 1.00. The highest BCUT2D eigenvalue weighted by atomic mass is 16.5. The Labute approximate surface area is 153 Å². The van der Waals surface area contributed by atoms with Crippen LogP contribution in [0, 0.1) is 11.3 Å². The van der Waals surface area contributed by atoms with Crippen molar-refractivity contribution in [2.45, 2.75) is 49.3 Å². The van der Waals surface area contributed by atoms with Gasteiger partial charge in [-0.2, -0.15) is 0 Å². The molecule has 5 atom stereocenters. The van der Waals surface area contributed by atoms with Crippen molar-refractivity contribution < 1.29 is 14.6 Å². The number of methoxy groups -OCH3 is 1. The van der Waals surface area contributed by atoms with Crippen molar-refractivity contribution in [3.8, 4) is 17.2 Å². The maximum atomic E-state index is 10.6. The van der Waals surface area contributed by atoms with Gasteiger partial charge in [-0.05, 0) is 45.2 Å². The molecule has 26 heavy (non-hydrogen) atoms. The van der Waals surface area contributed by atoms with Crippen molar-refractivity contribution in [2.24, 2.45) is 11.7 Å². The van der Waals surface area contributed by atoms with Crippen LogP contribution in [-0.4, -0.2) is 54.9 Å². The van der Waals surface area contributed by atoms with Gasteiger partial charge in [0.25, 0.3) is 0 Å². The van der Waals surface area contributed by atoms with Crippen LogP contribution < -0.4 is 20.5 Å². The number of phenolic OH excluding ortho intramolecular Hbond substituents is 1. The molecule has 4 aliphatic rings. The van der Waals surface area contributed by atoms with E-state index in [0.29, 0.717) is 17.7 Å². The summed E-state index contributed by atoms with van der Waals surface area (Å²) in [6, 6.07) is 2.12. The molecule has 1 aromatic rings. The maximum Gasteiger partial charge on any atom is 0.186 e. The lowest BCUT2D eigenvalue weighted by Gasteiger charge is -2.59. The molecule has 2 aliphatic heterocycles. The number of likely N-dealkylation sites (N-methyl/N-ethyl adjacent to an activating group) is 1. The monoisotopic (exact) mass is 358 g/mol. The number of likely N-dealkylation sites (tertiary alicyclic amines) is 1. The Bertz CT molecular complexity index is 797. The van der Waals surface area contributed by atoms with Gasteiger partial charge in [0, 0.05) is 28.7 Å². The molecule has 0 unspecified atom stereocenters. The van der Waals surface area contributed by atoms with E-state index in [0.717, 1.165) is 43.5 Å². The zero-order valence-electron chi connectivity index (χ0n) is 15.2. The lowest BCUT2D eigenvalue weighted by molar-refractivity contribution is -0.0546. The fourth-order valence-corrected chi connectivity index (χ4v) is 6.32. The Kier molecular flexibility index (Phi) is 3.20. The zero-order chi connectivity index (χ0) is 18.2. The summed E-state index contributed by atoms with van der Waals surface area (Å²) in [6.07, 6.45) is 3.78. The molecule has 1 aromatic carbocycles. The van der Waals surface area contributed by atoms with E-state index in [9.17, 15) is 5.11 Å². The van der Waals surface area contributed by atoms with Crippen LogP contribution in [0.5, 0.6) is 17.2 Å². The average molecular weight is 358 g/mol.